The van der Waals surface area contributed by atoms with E-state index in [4.69, 9.17) is 0 Å². The maximum atomic E-state index is 13.0. The van der Waals surface area contributed by atoms with Crippen molar-refractivity contribution in [2.24, 2.45) is 0 Å². The van der Waals surface area contributed by atoms with Crippen molar-refractivity contribution in [3.8, 4) is 0 Å². The molecule has 0 aromatic heterocycles. The van der Waals surface area contributed by atoms with Crippen LogP contribution in [0, 0.1) is 0 Å². The third kappa shape index (κ3) is 5.34. The number of sulfonamides is 1. The molecule has 2 rings (SSSR count). The first kappa shape index (κ1) is 21.2. The van der Waals surface area contributed by atoms with Crippen molar-refractivity contribution in [1.82, 2.24) is 9.62 Å². The Morgan fingerprint density at radius 3 is 2.33 bits per heavy atom. The minimum absolute atomic E-state index is 0. The zero-order valence-electron chi connectivity index (χ0n) is 13.3. The Morgan fingerprint density at radius 1 is 1.21 bits per heavy atom. The quantitative estimate of drug-likeness (QED) is 0.844. The highest BCUT2D eigenvalue weighted by Gasteiger charge is 2.37. The van der Waals surface area contributed by atoms with Gasteiger partial charge in [0.15, 0.2) is 0 Å². The number of nitrogens with one attached hydrogen (secondary N) is 1. The van der Waals surface area contributed by atoms with E-state index in [0.717, 1.165) is 38.2 Å². The van der Waals surface area contributed by atoms with Crippen LogP contribution in [0.3, 0.4) is 0 Å². The van der Waals surface area contributed by atoms with Gasteiger partial charge >= 0.3 is 6.18 Å². The van der Waals surface area contributed by atoms with Gasteiger partial charge in [0.05, 0.1) is 10.5 Å². The summed E-state index contributed by atoms with van der Waals surface area (Å²) in [5.41, 5.74) is -1.13. The van der Waals surface area contributed by atoms with E-state index in [1.165, 1.54) is 12.1 Å². The molecule has 0 atom stereocenters. The monoisotopic (exact) mass is 386 g/mol. The van der Waals surface area contributed by atoms with Gasteiger partial charge in [-0.25, -0.2) is 13.1 Å². The summed E-state index contributed by atoms with van der Waals surface area (Å²) in [7, 11) is -4.19. The molecule has 0 amide bonds. The second-order valence-corrected chi connectivity index (χ2v) is 7.41. The lowest BCUT2D eigenvalue weighted by atomic mass is 10.1. The fourth-order valence-electron chi connectivity index (χ4n) is 2.81. The van der Waals surface area contributed by atoms with Crippen molar-refractivity contribution in [3.63, 3.8) is 0 Å². The summed E-state index contributed by atoms with van der Waals surface area (Å²) < 4.78 is 66.1. The number of nitrogens with zero attached hydrogens (tertiary/aromatic N) is 1. The summed E-state index contributed by atoms with van der Waals surface area (Å²) in [6.07, 6.45) is -2.47. The zero-order valence-corrected chi connectivity index (χ0v) is 15.0. The first-order valence-electron chi connectivity index (χ1n) is 7.65. The fraction of sp³-hybridized carbons (Fsp3) is 0.600. The molecule has 1 aliphatic rings. The van der Waals surface area contributed by atoms with Crippen molar-refractivity contribution in [1.29, 1.82) is 0 Å². The van der Waals surface area contributed by atoms with Gasteiger partial charge in [-0.15, -0.1) is 12.4 Å². The molecule has 1 saturated heterocycles. The Kier molecular flexibility index (Phi) is 7.52. The van der Waals surface area contributed by atoms with Crippen LogP contribution in [0.25, 0.3) is 0 Å². The summed E-state index contributed by atoms with van der Waals surface area (Å²) >= 11 is 0. The topological polar surface area (TPSA) is 49.4 Å². The maximum absolute atomic E-state index is 13.0. The molecule has 0 aliphatic carbocycles. The zero-order chi connectivity index (χ0) is 17.1. The van der Waals surface area contributed by atoms with Gasteiger partial charge in [-0.05, 0) is 51.0 Å². The number of alkyl halides is 3. The molecular formula is C15H22ClF3N2O2S. The van der Waals surface area contributed by atoms with E-state index >= 15 is 0 Å². The first-order valence-corrected chi connectivity index (χ1v) is 9.13. The van der Waals surface area contributed by atoms with Crippen molar-refractivity contribution < 1.29 is 21.6 Å². The van der Waals surface area contributed by atoms with Gasteiger partial charge in [0, 0.05) is 6.04 Å². The Labute approximate surface area is 146 Å². The van der Waals surface area contributed by atoms with Crippen LogP contribution in [0.1, 0.15) is 31.7 Å². The Morgan fingerprint density at radius 2 is 1.79 bits per heavy atom. The number of hydrogen-bond donors (Lipinski definition) is 1. The van der Waals surface area contributed by atoms with E-state index in [1.807, 2.05) is 0 Å². The fourth-order valence-corrected chi connectivity index (χ4v) is 4.34. The van der Waals surface area contributed by atoms with Gasteiger partial charge in [-0.1, -0.05) is 19.1 Å². The highest BCUT2D eigenvalue weighted by molar-refractivity contribution is 7.89. The molecule has 1 aromatic carbocycles. The van der Waals surface area contributed by atoms with E-state index in [2.05, 4.69) is 16.5 Å². The van der Waals surface area contributed by atoms with Gasteiger partial charge in [-0.2, -0.15) is 13.2 Å². The molecule has 1 heterocycles. The number of likely N-dealkylation sites (tertiary alicyclic amines) is 1. The van der Waals surface area contributed by atoms with E-state index in [9.17, 15) is 21.6 Å². The van der Waals surface area contributed by atoms with Crippen LogP contribution in [0.5, 0.6) is 0 Å². The summed E-state index contributed by atoms with van der Waals surface area (Å²) in [4.78, 5) is 1.53. The normalized spacial score (nSPS) is 17.5. The van der Waals surface area contributed by atoms with Gasteiger partial charge in [-0.3, -0.25) is 0 Å². The van der Waals surface area contributed by atoms with Crippen LogP contribution in [0.2, 0.25) is 0 Å². The van der Waals surface area contributed by atoms with E-state index < -0.39 is 26.7 Å². The molecule has 1 N–H and O–H groups in total. The standard InChI is InChI=1S/C15H21F3N2O2S.ClH/c1-2-9-20-10-7-12(8-11-20)19-23(21,22)14-6-4-3-5-13(14)15(16,17)18;/h3-6,12,19H,2,7-11H2,1H3;1H. The molecule has 1 fully saturated rings. The van der Waals surface area contributed by atoms with Crippen molar-refractivity contribution in [3.05, 3.63) is 29.8 Å². The highest BCUT2D eigenvalue weighted by atomic mass is 35.5. The number of piperidine rings is 1. The lowest BCUT2D eigenvalue weighted by Crippen LogP contribution is -2.45. The predicted octanol–water partition coefficient (Wildman–Crippen LogP) is 3.28. The Bertz CT molecular complexity index is 630. The molecule has 138 valence electrons. The molecule has 0 spiro atoms. The van der Waals surface area contributed by atoms with Gasteiger partial charge < -0.3 is 4.90 Å². The largest absolute Gasteiger partial charge is 0.417 e. The SMILES string of the molecule is CCCN1CCC(NS(=O)(=O)c2ccccc2C(F)(F)F)CC1.Cl. The minimum Gasteiger partial charge on any atom is -0.303 e. The molecule has 0 bridgehead atoms. The van der Waals surface area contributed by atoms with Crippen LogP contribution in [0.4, 0.5) is 13.2 Å². The lowest BCUT2D eigenvalue weighted by molar-refractivity contribution is -0.139. The smallest absolute Gasteiger partial charge is 0.303 e. The molecular weight excluding hydrogens is 365 g/mol. The van der Waals surface area contributed by atoms with Crippen molar-refractivity contribution in [2.45, 2.75) is 43.3 Å². The third-order valence-corrected chi connectivity index (χ3v) is 5.51. The summed E-state index contributed by atoms with van der Waals surface area (Å²) in [5, 5.41) is 0. The van der Waals surface area contributed by atoms with Crippen molar-refractivity contribution >= 4 is 22.4 Å². The third-order valence-electron chi connectivity index (χ3n) is 3.93. The minimum atomic E-state index is -4.70. The maximum Gasteiger partial charge on any atom is 0.417 e. The van der Waals surface area contributed by atoms with Crippen LogP contribution < -0.4 is 4.72 Å². The Balaban J connectivity index is 0.00000288. The van der Waals surface area contributed by atoms with Crippen LogP contribution >= 0.6 is 12.4 Å². The summed E-state index contributed by atoms with van der Waals surface area (Å²) in [5.74, 6) is 0. The molecule has 4 nitrogen and oxygen atoms in total. The van der Waals surface area contributed by atoms with Crippen LogP contribution in [0.15, 0.2) is 29.2 Å². The lowest BCUT2D eigenvalue weighted by Gasteiger charge is -2.32. The number of rotatable bonds is 5. The second-order valence-electron chi connectivity index (χ2n) is 5.73. The predicted molar refractivity (Wildman–Crippen MR) is 88.8 cm³/mol. The first-order chi connectivity index (χ1) is 10.7. The molecule has 9 heteroatoms. The average molecular weight is 387 g/mol. The van der Waals surface area contributed by atoms with E-state index in [0.29, 0.717) is 12.8 Å². The van der Waals surface area contributed by atoms with Crippen molar-refractivity contribution in [2.75, 3.05) is 19.6 Å². The van der Waals surface area contributed by atoms with E-state index in [-0.39, 0.29) is 18.4 Å². The average Bonchev–Trinajstić information content (AvgIpc) is 2.48. The highest BCUT2D eigenvalue weighted by Crippen LogP contribution is 2.34. The molecule has 24 heavy (non-hydrogen) atoms. The molecule has 1 aromatic rings. The molecule has 0 radical (unpaired) electrons. The van der Waals surface area contributed by atoms with E-state index in [1.54, 1.807) is 0 Å². The van der Waals surface area contributed by atoms with Gasteiger partial charge in [0.1, 0.15) is 0 Å². The molecule has 1 aliphatic heterocycles. The van der Waals surface area contributed by atoms with Crippen LogP contribution in [-0.2, 0) is 16.2 Å². The number of hydrogen-bond acceptors (Lipinski definition) is 3. The second kappa shape index (κ2) is 8.51. The van der Waals surface area contributed by atoms with Gasteiger partial charge in [0.25, 0.3) is 0 Å². The molecule has 0 saturated carbocycles. The number of benzene rings is 1. The summed E-state index contributed by atoms with van der Waals surface area (Å²) in [6.45, 7) is 4.53. The molecule has 0 unspecified atom stereocenters. The summed E-state index contributed by atoms with van der Waals surface area (Å²) in [6, 6.07) is 3.95. The number of halogens is 4. The Hall–Kier alpha value is -0.830. The van der Waals surface area contributed by atoms with Gasteiger partial charge in [0.2, 0.25) is 10.0 Å². The van der Waals surface area contributed by atoms with Crippen LogP contribution in [-0.4, -0.2) is 39.0 Å².